The number of thiazole rings is 1. The van der Waals surface area contributed by atoms with E-state index in [0.29, 0.717) is 15.6 Å². The summed E-state index contributed by atoms with van der Waals surface area (Å²) in [6.07, 6.45) is 3.37. The number of anilines is 1. The normalized spacial score (nSPS) is 14.7. The minimum atomic E-state index is -0.717. The fourth-order valence-electron chi connectivity index (χ4n) is 3.06. The molecule has 1 aromatic carbocycles. The zero-order valence-electron chi connectivity index (χ0n) is 15.5. The molecular formula is C19H18F2N4O2S2. The summed E-state index contributed by atoms with van der Waals surface area (Å²) in [4.78, 5) is 17.5. The Labute approximate surface area is 174 Å². The van der Waals surface area contributed by atoms with E-state index in [1.54, 1.807) is 6.92 Å². The second kappa shape index (κ2) is 8.52. The second-order valence-corrected chi connectivity index (χ2v) is 8.54. The molecule has 1 saturated heterocycles. The number of nitrogens with one attached hydrogen (secondary N) is 2. The van der Waals surface area contributed by atoms with Crippen LogP contribution in [0.15, 0.2) is 24.4 Å². The largest absolute Gasteiger partial charge is 0.478 e. The van der Waals surface area contributed by atoms with E-state index in [2.05, 4.69) is 20.0 Å². The summed E-state index contributed by atoms with van der Waals surface area (Å²) >= 11 is 2.23. The van der Waals surface area contributed by atoms with Crippen molar-refractivity contribution in [1.29, 1.82) is 0 Å². The molecule has 0 spiro atoms. The van der Waals surface area contributed by atoms with Gasteiger partial charge in [-0.05, 0) is 45.0 Å². The van der Waals surface area contributed by atoms with Crippen LogP contribution < -0.4 is 15.4 Å². The predicted octanol–water partition coefficient (Wildman–Crippen LogP) is 4.24. The summed E-state index contributed by atoms with van der Waals surface area (Å²) in [7, 11) is 0. The number of aromatic nitrogens is 2. The van der Waals surface area contributed by atoms with Gasteiger partial charge in [-0.2, -0.15) is 4.37 Å². The summed E-state index contributed by atoms with van der Waals surface area (Å²) in [5.74, 6) is -1.91. The number of benzene rings is 1. The van der Waals surface area contributed by atoms with E-state index in [-0.39, 0.29) is 22.4 Å². The molecule has 3 aromatic rings. The van der Waals surface area contributed by atoms with E-state index in [4.69, 9.17) is 4.74 Å². The molecule has 0 saturated carbocycles. The van der Waals surface area contributed by atoms with Gasteiger partial charge in [-0.1, -0.05) is 6.07 Å². The molecule has 29 heavy (non-hydrogen) atoms. The molecule has 1 amide bonds. The lowest BCUT2D eigenvalue weighted by molar-refractivity contribution is 0.102. The number of carbonyl (C=O) groups is 1. The Bertz CT molecular complexity index is 1010. The Morgan fingerprint density at radius 2 is 2.00 bits per heavy atom. The Balaban J connectivity index is 1.53. The lowest BCUT2D eigenvalue weighted by Gasteiger charge is -2.23. The van der Waals surface area contributed by atoms with E-state index in [1.165, 1.54) is 23.8 Å². The molecule has 4 rings (SSSR count). The number of aryl methyl sites for hydroxylation is 1. The molecule has 2 N–H and O–H groups in total. The minimum absolute atomic E-state index is 0.0731. The summed E-state index contributed by atoms with van der Waals surface area (Å²) < 4.78 is 38.2. The van der Waals surface area contributed by atoms with Crippen molar-refractivity contribution in [2.24, 2.45) is 0 Å². The highest BCUT2D eigenvalue weighted by atomic mass is 32.1. The molecule has 1 aliphatic rings. The lowest BCUT2D eigenvalue weighted by atomic mass is 10.1. The number of rotatable bonds is 5. The Morgan fingerprint density at radius 3 is 2.72 bits per heavy atom. The lowest BCUT2D eigenvalue weighted by Crippen LogP contribution is -2.34. The Morgan fingerprint density at radius 1 is 1.28 bits per heavy atom. The van der Waals surface area contributed by atoms with Gasteiger partial charge in [-0.3, -0.25) is 4.79 Å². The Kier molecular flexibility index (Phi) is 5.84. The molecule has 0 radical (unpaired) electrons. The maximum Gasteiger partial charge on any atom is 0.275 e. The predicted molar refractivity (Wildman–Crippen MR) is 109 cm³/mol. The summed E-state index contributed by atoms with van der Waals surface area (Å²) in [6, 6.07) is 3.61. The first-order valence-corrected chi connectivity index (χ1v) is 10.7. The van der Waals surface area contributed by atoms with Crippen LogP contribution in [0.3, 0.4) is 0 Å². The quantitative estimate of drug-likeness (QED) is 0.626. The van der Waals surface area contributed by atoms with Gasteiger partial charge >= 0.3 is 0 Å². The van der Waals surface area contributed by atoms with Gasteiger partial charge in [0, 0.05) is 16.4 Å². The van der Waals surface area contributed by atoms with Crippen molar-refractivity contribution in [2.45, 2.75) is 25.9 Å². The van der Waals surface area contributed by atoms with Crippen LogP contribution in [0.1, 0.15) is 28.2 Å². The monoisotopic (exact) mass is 436 g/mol. The molecule has 2 aromatic heterocycles. The van der Waals surface area contributed by atoms with Crippen molar-refractivity contribution in [1.82, 2.24) is 14.7 Å². The average molecular weight is 437 g/mol. The van der Waals surface area contributed by atoms with Crippen LogP contribution in [0.5, 0.6) is 5.06 Å². The van der Waals surface area contributed by atoms with Crippen LogP contribution in [-0.4, -0.2) is 34.5 Å². The smallest absolute Gasteiger partial charge is 0.275 e. The van der Waals surface area contributed by atoms with Gasteiger partial charge < -0.3 is 15.4 Å². The first-order valence-electron chi connectivity index (χ1n) is 9.08. The maximum atomic E-state index is 14.1. The zero-order chi connectivity index (χ0) is 20.4. The number of hydrogen-bond donors (Lipinski definition) is 2. The number of hydrogen-bond acceptors (Lipinski definition) is 7. The highest BCUT2D eigenvalue weighted by molar-refractivity contribution is 7.15. The average Bonchev–Trinajstić information content (AvgIpc) is 3.29. The number of nitrogens with zero attached hydrogens (tertiary/aromatic N) is 2. The number of amides is 1. The standard InChI is InChI=1S/C19H18F2N4O2S2/c1-10-16(25-18(28-10)15-12(20)3-2-4-13(15)21)17(26)24-14-9-23-29-19(14)27-11-5-7-22-8-6-11/h2-4,9,11,22H,5-8H2,1H3,(H,24,26). The van der Waals surface area contributed by atoms with E-state index in [1.807, 2.05) is 0 Å². The molecule has 3 heterocycles. The summed E-state index contributed by atoms with van der Waals surface area (Å²) in [5, 5.41) is 6.69. The van der Waals surface area contributed by atoms with Crippen molar-refractivity contribution in [3.63, 3.8) is 0 Å². The third-order valence-electron chi connectivity index (χ3n) is 4.53. The molecule has 1 fully saturated rings. The van der Waals surface area contributed by atoms with Crippen molar-refractivity contribution >= 4 is 34.5 Å². The van der Waals surface area contributed by atoms with Crippen LogP contribution >= 0.6 is 22.9 Å². The van der Waals surface area contributed by atoms with E-state index >= 15 is 0 Å². The van der Waals surface area contributed by atoms with Crippen molar-refractivity contribution in [3.8, 4) is 15.6 Å². The third-order valence-corrected chi connectivity index (χ3v) is 6.21. The number of piperidine rings is 1. The third kappa shape index (κ3) is 4.29. The molecular weight excluding hydrogens is 418 g/mol. The van der Waals surface area contributed by atoms with Gasteiger partial charge in [-0.15, -0.1) is 11.3 Å². The fraction of sp³-hybridized carbons (Fsp3) is 0.316. The molecule has 1 aliphatic heterocycles. The van der Waals surface area contributed by atoms with Crippen molar-refractivity contribution in [2.75, 3.05) is 18.4 Å². The second-order valence-electron chi connectivity index (χ2n) is 6.57. The van der Waals surface area contributed by atoms with Gasteiger partial charge in [0.25, 0.3) is 5.91 Å². The van der Waals surface area contributed by atoms with Gasteiger partial charge in [0.15, 0.2) is 0 Å². The molecule has 152 valence electrons. The van der Waals surface area contributed by atoms with Crippen LogP contribution in [0.4, 0.5) is 14.5 Å². The first-order chi connectivity index (χ1) is 14.0. The number of ether oxygens (including phenoxy) is 1. The van der Waals surface area contributed by atoms with E-state index < -0.39 is 17.5 Å². The highest BCUT2D eigenvalue weighted by Gasteiger charge is 2.23. The van der Waals surface area contributed by atoms with Crippen molar-refractivity contribution in [3.05, 3.63) is 46.6 Å². The fourth-order valence-corrected chi connectivity index (χ4v) is 4.65. The van der Waals surface area contributed by atoms with Gasteiger partial charge in [0.1, 0.15) is 34.1 Å². The molecule has 10 heteroatoms. The molecule has 0 bridgehead atoms. The first kappa shape index (κ1) is 19.9. The zero-order valence-corrected chi connectivity index (χ0v) is 17.1. The van der Waals surface area contributed by atoms with Crippen LogP contribution in [-0.2, 0) is 0 Å². The molecule has 6 nitrogen and oxygen atoms in total. The molecule has 0 atom stereocenters. The maximum absolute atomic E-state index is 14.1. The van der Waals surface area contributed by atoms with E-state index in [9.17, 15) is 13.6 Å². The minimum Gasteiger partial charge on any atom is -0.478 e. The topological polar surface area (TPSA) is 76.1 Å². The van der Waals surface area contributed by atoms with Crippen LogP contribution in [0, 0.1) is 18.6 Å². The van der Waals surface area contributed by atoms with Gasteiger partial charge in [0.2, 0.25) is 5.06 Å². The summed E-state index contributed by atoms with van der Waals surface area (Å²) in [5.41, 5.74) is 0.350. The van der Waals surface area contributed by atoms with Gasteiger partial charge in [-0.25, -0.2) is 13.8 Å². The highest BCUT2D eigenvalue weighted by Crippen LogP contribution is 2.34. The molecule has 0 aliphatic carbocycles. The van der Waals surface area contributed by atoms with Crippen LogP contribution in [0.2, 0.25) is 0 Å². The van der Waals surface area contributed by atoms with E-state index in [0.717, 1.165) is 49.4 Å². The van der Waals surface area contributed by atoms with Crippen molar-refractivity contribution < 1.29 is 18.3 Å². The summed E-state index contributed by atoms with van der Waals surface area (Å²) in [6.45, 7) is 3.46. The van der Waals surface area contributed by atoms with Crippen LogP contribution in [0.25, 0.3) is 10.6 Å². The molecule has 0 unspecified atom stereocenters. The Hall–Kier alpha value is -2.43. The van der Waals surface area contributed by atoms with Gasteiger partial charge in [0.05, 0.1) is 11.8 Å². The number of halogens is 2. The number of carbonyl (C=O) groups excluding carboxylic acids is 1. The SMILES string of the molecule is Cc1sc(-c2c(F)cccc2F)nc1C(=O)Nc1cnsc1OC1CCNCC1.